The Morgan fingerprint density at radius 1 is 0.500 bits per heavy atom. The van der Waals surface area contributed by atoms with E-state index in [2.05, 4.69) is 6.92 Å². The van der Waals surface area contributed by atoms with Crippen LogP contribution in [-0.2, 0) is 23.7 Å². The lowest BCUT2D eigenvalue weighted by Crippen LogP contribution is -2.14. The Balaban J connectivity index is 1.37. The molecular formula is C27H42O10S. The molecule has 1 N–H and O–H groups in total. The minimum Gasteiger partial charge on any atom is -0.487 e. The Labute approximate surface area is 229 Å². The summed E-state index contributed by atoms with van der Waals surface area (Å²) in [7, 11) is 0. The molecule has 1 heterocycles. The van der Waals surface area contributed by atoms with Gasteiger partial charge in [0.15, 0.2) is 23.0 Å². The smallest absolute Gasteiger partial charge is 0.171 e. The quantitative estimate of drug-likeness (QED) is 0.173. The second-order valence-corrected chi connectivity index (χ2v) is 8.47. The van der Waals surface area contributed by atoms with E-state index in [1.807, 2.05) is 29.0 Å². The lowest BCUT2D eigenvalue weighted by Gasteiger charge is -2.12. The van der Waals surface area contributed by atoms with Crippen LogP contribution in [0.1, 0.15) is 13.3 Å². The highest BCUT2D eigenvalue weighted by atomic mass is 32.1. The third kappa shape index (κ3) is 15.3. The highest BCUT2D eigenvalue weighted by Gasteiger charge is 2.07. The topological polar surface area (TPSA) is 103 Å². The normalized spacial score (nSPS) is 11.0. The van der Waals surface area contributed by atoms with Gasteiger partial charge in [-0.3, -0.25) is 0 Å². The van der Waals surface area contributed by atoms with Gasteiger partial charge in [0, 0.05) is 17.4 Å². The van der Waals surface area contributed by atoms with Gasteiger partial charge in [0.2, 0.25) is 0 Å². The monoisotopic (exact) mass is 558 g/mol. The van der Waals surface area contributed by atoms with Crippen LogP contribution < -0.4 is 18.9 Å². The van der Waals surface area contributed by atoms with Gasteiger partial charge in [0.25, 0.3) is 0 Å². The fourth-order valence-corrected chi connectivity index (χ4v) is 3.65. The lowest BCUT2D eigenvalue weighted by atomic mass is 10.3. The summed E-state index contributed by atoms with van der Waals surface area (Å²) < 4.78 is 50.0. The third-order valence-electron chi connectivity index (χ3n) is 4.71. The van der Waals surface area contributed by atoms with Gasteiger partial charge in [-0.2, -0.15) is 0 Å². The second kappa shape index (κ2) is 22.8. The molecule has 0 saturated carbocycles. The Bertz CT molecular complexity index is 804. The highest BCUT2D eigenvalue weighted by Crippen LogP contribution is 2.31. The van der Waals surface area contributed by atoms with Gasteiger partial charge >= 0.3 is 0 Å². The molecule has 0 fully saturated rings. The van der Waals surface area contributed by atoms with Crippen LogP contribution in [0.25, 0.3) is 0 Å². The van der Waals surface area contributed by atoms with E-state index in [0.29, 0.717) is 102 Å². The molecule has 0 bridgehead atoms. The fourth-order valence-electron chi connectivity index (χ4n) is 2.97. The van der Waals surface area contributed by atoms with Crippen LogP contribution in [0.3, 0.4) is 0 Å². The van der Waals surface area contributed by atoms with Crippen molar-refractivity contribution in [1.82, 2.24) is 0 Å². The van der Waals surface area contributed by atoms with E-state index in [0.717, 1.165) is 13.0 Å². The number of para-hydroxylation sites is 2. The Morgan fingerprint density at radius 3 is 1.29 bits per heavy atom. The maximum absolute atomic E-state index is 8.89. The van der Waals surface area contributed by atoms with Crippen molar-refractivity contribution in [3.05, 3.63) is 35.0 Å². The van der Waals surface area contributed by atoms with Gasteiger partial charge in [-0.15, -0.1) is 11.3 Å². The summed E-state index contributed by atoms with van der Waals surface area (Å²) in [5.41, 5.74) is 0. The third-order valence-corrected chi connectivity index (χ3v) is 5.41. The van der Waals surface area contributed by atoms with Gasteiger partial charge in [0.05, 0.1) is 66.1 Å². The summed E-state index contributed by atoms with van der Waals surface area (Å²) in [6.45, 7) is 8.75. The van der Waals surface area contributed by atoms with Crippen molar-refractivity contribution in [2.24, 2.45) is 0 Å². The molecule has 2 aromatic rings. The standard InChI is InChI=1S/C27H42O10S/c1-2-8-29-10-11-31-17-20-36-26-22-38-23-27(26)37-21-18-33-15-13-30-12-14-32-16-19-35-25-6-4-3-5-24(25)34-9-7-28/h3-6,22-23,28H,2,7-21H2,1H3. The first-order chi connectivity index (χ1) is 18.8. The molecule has 0 aliphatic rings. The number of thiophene rings is 1. The largest absolute Gasteiger partial charge is 0.487 e. The number of aliphatic hydroxyl groups excluding tert-OH is 1. The summed E-state index contributed by atoms with van der Waals surface area (Å²) in [5, 5.41) is 12.7. The van der Waals surface area contributed by atoms with Gasteiger partial charge in [-0.05, 0) is 18.6 Å². The van der Waals surface area contributed by atoms with Crippen molar-refractivity contribution in [3.63, 3.8) is 0 Å². The molecule has 10 nitrogen and oxygen atoms in total. The zero-order valence-electron chi connectivity index (χ0n) is 22.3. The van der Waals surface area contributed by atoms with Crippen LogP contribution in [0.2, 0.25) is 0 Å². The fraction of sp³-hybridized carbons (Fsp3) is 0.630. The maximum Gasteiger partial charge on any atom is 0.171 e. The van der Waals surface area contributed by atoms with E-state index in [1.54, 1.807) is 6.07 Å². The van der Waals surface area contributed by atoms with E-state index in [-0.39, 0.29) is 13.2 Å². The van der Waals surface area contributed by atoms with Gasteiger partial charge in [0.1, 0.15) is 26.4 Å². The average molecular weight is 559 g/mol. The van der Waals surface area contributed by atoms with E-state index < -0.39 is 0 Å². The van der Waals surface area contributed by atoms with Crippen molar-refractivity contribution in [3.8, 4) is 23.0 Å². The van der Waals surface area contributed by atoms with Crippen LogP contribution in [0.4, 0.5) is 0 Å². The second-order valence-electron chi connectivity index (χ2n) is 7.73. The number of rotatable bonds is 26. The molecule has 1 aromatic heterocycles. The molecule has 38 heavy (non-hydrogen) atoms. The first-order valence-corrected chi connectivity index (χ1v) is 14.0. The Hall–Kier alpha value is -2.12. The number of benzene rings is 1. The minimum absolute atomic E-state index is 0.0468. The molecular weight excluding hydrogens is 516 g/mol. The molecule has 216 valence electrons. The predicted octanol–water partition coefficient (Wildman–Crippen LogP) is 3.45. The Morgan fingerprint density at radius 2 is 0.868 bits per heavy atom. The molecule has 0 aliphatic heterocycles. The van der Waals surface area contributed by atoms with Crippen molar-refractivity contribution in [2.45, 2.75) is 13.3 Å². The highest BCUT2D eigenvalue weighted by molar-refractivity contribution is 7.08. The molecule has 1 aromatic carbocycles. The molecule has 0 unspecified atom stereocenters. The predicted molar refractivity (Wildman–Crippen MR) is 144 cm³/mol. The minimum atomic E-state index is -0.0468. The summed E-state index contributed by atoms with van der Waals surface area (Å²) >= 11 is 1.52. The molecule has 11 heteroatoms. The molecule has 0 radical (unpaired) electrons. The van der Waals surface area contributed by atoms with Crippen LogP contribution in [0.15, 0.2) is 35.0 Å². The average Bonchev–Trinajstić information content (AvgIpc) is 3.39. The van der Waals surface area contributed by atoms with Crippen LogP contribution in [0.5, 0.6) is 23.0 Å². The van der Waals surface area contributed by atoms with Crippen molar-refractivity contribution in [1.29, 1.82) is 0 Å². The van der Waals surface area contributed by atoms with Gasteiger partial charge < -0.3 is 47.7 Å². The van der Waals surface area contributed by atoms with E-state index in [1.165, 1.54) is 11.3 Å². The van der Waals surface area contributed by atoms with E-state index in [4.69, 9.17) is 47.7 Å². The maximum atomic E-state index is 8.89. The Kier molecular flexibility index (Phi) is 19.3. The van der Waals surface area contributed by atoms with Crippen molar-refractivity contribution < 1.29 is 47.7 Å². The summed E-state index contributed by atoms with van der Waals surface area (Å²) in [5.74, 6) is 2.65. The number of hydrogen-bond acceptors (Lipinski definition) is 11. The molecule has 2 rings (SSSR count). The van der Waals surface area contributed by atoms with E-state index in [9.17, 15) is 0 Å². The van der Waals surface area contributed by atoms with Gasteiger partial charge in [-0.25, -0.2) is 0 Å². The molecule has 0 spiro atoms. The molecule has 0 saturated heterocycles. The zero-order chi connectivity index (χ0) is 26.9. The van der Waals surface area contributed by atoms with E-state index >= 15 is 0 Å². The van der Waals surface area contributed by atoms with Crippen LogP contribution >= 0.6 is 11.3 Å². The summed E-state index contributed by atoms with van der Waals surface area (Å²) in [4.78, 5) is 0. The van der Waals surface area contributed by atoms with Crippen molar-refractivity contribution in [2.75, 3.05) is 99.1 Å². The van der Waals surface area contributed by atoms with Crippen LogP contribution in [-0.4, -0.2) is 104 Å². The first kappa shape index (κ1) is 32.1. The zero-order valence-corrected chi connectivity index (χ0v) is 23.1. The summed E-state index contributed by atoms with van der Waals surface area (Å²) in [6.07, 6.45) is 1.01. The van der Waals surface area contributed by atoms with Crippen LogP contribution in [0, 0.1) is 0 Å². The SMILES string of the molecule is CCCOCCOCCOc1cscc1OCCOCCOCCOCCOc1ccccc1OCCO. The number of hydrogen-bond donors (Lipinski definition) is 1. The number of aliphatic hydroxyl groups is 1. The molecule has 0 aliphatic carbocycles. The first-order valence-electron chi connectivity index (χ1n) is 13.0. The number of ether oxygens (including phenoxy) is 9. The molecule has 0 atom stereocenters. The summed E-state index contributed by atoms with van der Waals surface area (Å²) in [6, 6.07) is 7.33. The van der Waals surface area contributed by atoms with Crippen molar-refractivity contribution >= 4 is 11.3 Å². The lowest BCUT2D eigenvalue weighted by molar-refractivity contribution is 0.00467. The molecule has 0 amide bonds. The van der Waals surface area contributed by atoms with Gasteiger partial charge in [-0.1, -0.05) is 19.1 Å².